The molecule has 126 valence electrons. The Morgan fingerprint density at radius 2 is 1.58 bits per heavy atom. The number of aliphatic imine (C=N–C) groups is 1. The van der Waals surface area contributed by atoms with Gasteiger partial charge in [-0.1, -0.05) is 60.7 Å². The number of nitrogens with zero attached hydrogens (tertiary/aromatic N) is 4. The fraction of sp³-hybridized carbons (Fsp3) is 0.0952. The molecule has 3 heterocycles. The molecule has 0 radical (unpaired) electrons. The number of fused-ring (bicyclic) bond motifs is 1. The van der Waals surface area contributed by atoms with Gasteiger partial charge >= 0.3 is 0 Å². The molecule has 0 amide bonds. The largest absolute Gasteiger partial charge is 0.465 e. The molecule has 0 unspecified atom stereocenters. The van der Waals surface area contributed by atoms with Gasteiger partial charge in [0.15, 0.2) is 6.10 Å². The maximum absolute atomic E-state index is 6.28. The first-order chi connectivity index (χ1) is 12.9. The first-order valence-corrected chi connectivity index (χ1v) is 8.53. The zero-order valence-corrected chi connectivity index (χ0v) is 13.9. The number of ether oxygens (including phenoxy) is 1. The second-order valence-electron chi connectivity index (χ2n) is 6.19. The van der Waals surface area contributed by atoms with E-state index in [9.17, 15) is 0 Å². The summed E-state index contributed by atoms with van der Waals surface area (Å²) in [5, 5.41) is 0. The molecule has 0 saturated carbocycles. The predicted octanol–water partition coefficient (Wildman–Crippen LogP) is 3.99. The molecule has 2 aromatic heterocycles. The van der Waals surface area contributed by atoms with Crippen molar-refractivity contribution >= 4 is 11.7 Å². The summed E-state index contributed by atoms with van der Waals surface area (Å²) in [6, 6.07) is 22.2. The maximum Gasteiger partial charge on any atom is 0.238 e. The smallest absolute Gasteiger partial charge is 0.238 e. The molecule has 26 heavy (non-hydrogen) atoms. The molecule has 0 N–H and O–H groups in total. The van der Waals surface area contributed by atoms with Gasteiger partial charge in [0.2, 0.25) is 11.7 Å². The van der Waals surface area contributed by atoms with Gasteiger partial charge in [-0.2, -0.15) is 0 Å². The summed E-state index contributed by atoms with van der Waals surface area (Å²) in [5.41, 5.74) is 2.92. The van der Waals surface area contributed by atoms with Crippen LogP contribution in [-0.2, 0) is 4.74 Å². The molecule has 5 rings (SSSR count). The van der Waals surface area contributed by atoms with E-state index in [0.29, 0.717) is 17.4 Å². The van der Waals surface area contributed by atoms with Crippen molar-refractivity contribution in [3.63, 3.8) is 0 Å². The third-order valence-corrected chi connectivity index (χ3v) is 4.51. The highest BCUT2D eigenvalue weighted by atomic mass is 16.5. The average Bonchev–Trinajstić information content (AvgIpc) is 3.34. The molecule has 4 aromatic rings. The molecule has 0 aliphatic carbocycles. The third kappa shape index (κ3) is 2.54. The highest BCUT2D eigenvalue weighted by molar-refractivity contribution is 5.94. The van der Waals surface area contributed by atoms with Crippen LogP contribution in [0.5, 0.6) is 0 Å². The van der Waals surface area contributed by atoms with Crippen LogP contribution in [0.15, 0.2) is 90.3 Å². The normalized spacial score (nSPS) is 19.3. The van der Waals surface area contributed by atoms with Crippen LogP contribution >= 0.6 is 0 Å². The van der Waals surface area contributed by atoms with Gasteiger partial charge in [-0.15, -0.1) is 0 Å². The Labute approximate surface area is 150 Å². The molecular formula is C21H16N4O. The Kier molecular flexibility index (Phi) is 3.49. The van der Waals surface area contributed by atoms with Crippen LogP contribution in [0, 0.1) is 0 Å². The van der Waals surface area contributed by atoms with Gasteiger partial charge in [-0.05, 0) is 17.2 Å². The molecule has 5 nitrogen and oxygen atoms in total. The number of hydrogen-bond acceptors (Lipinski definition) is 4. The van der Waals surface area contributed by atoms with Crippen molar-refractivity contribution in [2.75, 3.05) is 0 Å². The van der Waals surface area contributed by atoms with Gasteiger partial charge in [0.1, 0.15) is 11.7 Å². The fourth-order valence-electron chi connectivity index (χ4n) is 3.26. The van der Waals surface area contributed by atoms with Crippen LogP contribution in [0.4, 0.5) is 0 Å². The summed E-state index contributed by atoms with van der Waals surface area (Å²) >= 11 is 0. The predicted molar refractivity (Wildman–Crippen MR) is 99.0 cm³/mol. The number of benzene rings is 2. The molecule has 0 fully saturated rings. The van der Waals surface area contributed by atoms with E-state index in [4.69, 9.17) is 9.73 Å². The Bertz CT molecular complexity index is 1040. The highest BCUT2D eigenvalue weighted by Gasteiger charge is 2.34. The second kappa shape index (κ2) is 6.11. The topological polar surface area (TPSA) is 51.8 Å². The van der Waals surface area contributed by atoms with E-state index in [0.717, 1.165) is 11.1 Å². The molecule has 1 aliphatic rings. The first kappa shape index (κ1) is 14.8. The molecule has 2 aromatic carbocycles. The van der Waals surface area contributed by atoms with E-state index < -0.39 is 0 Å². The standard InChI is InChI=1S/C21H16N4O/c1-3-8-15(9-4-1)18-19(16-10-5-2-6-11-16)26-20(24-18)17-14-25-13-7-12-22-21(25)23-17/h1-14,18-19H/t18-,19-/m1/s1. The second-order valence-corrected chi connectivity index (χ2v) is 6.19. The van der Waals surface area contributed by atoms with Crippen molar-refractivity contribution in [1.82, 2.24) is 14.4 Å². The Morgan fingerprint density at radius 3 is 2.31 bits per heavy atom. The molecule has 2 atom stereocenters. The lowest BCUT2D eigenvalue weighted by Crippen LogP contribution is -2.09. The van der Waals surface area contributed by atoms with Gasteiger partial charge in [0.25, 0.3) is 0 Å². The first-order valence-electron chi connectivity index (χ1n) is 8.53. The van der Waals surface area contributed by atoms with E-state index in [1.807, 2.05) is 59.3 Å². The van der Waals surface area contributed by atoms with E-state index in [1.54, 1.807) is 6.20 Å². The quantitative estimate of drug-likeness (QED) is 0.567. The van der Waals surface area contributed by atoms with Crippen molar-refractivity contribution in [2.24, 2.45) is 4.99 Å². The zero-order chi connectivity index (χ0) is 17.3. The van der Waals surface area contributed by atoms with Crippen LogP contribution in [-0.4, -0.2) is 20.3 Å². The molecule has 5 heteroatoms. The molecule has 0 bridgehead atoms. The van der Waals surface area contributed by atoms with E-state index in [1.165, 1.54) is 0 Å². The van der Waals surface area contributed by atoms with Crippen LogP contribution in [0.2, 0.25) is 0 Å². The van der Waals surface area contributed by atoms with Crippen molar-refractivity contribution in [1.29, 1.82) is 0 Å². The summed E-state index contributed by atoms with van der Waals surface area (Å²) < 4.78 is 8.15. The Hall–Kier alpha value is -3.47. The van der Waals surface area contributed by atoms with Crippen LogP contribution in [0.1, 0.15) is 29.0 Å². The molecular weight excluding hydrogens is 324 g/mol. The van der Waals surface area contributed by atoms with Gasteiger partial charge < -0.3 is 4.74 Å². The summed E-state index contributed by atoms with van der Waals surface area (Å²) in [4.78, 5) is 13.7. The Balaban J connectivity index is 1.58. The minimum atomic E-state index is -0.175. The average molecular weight is 340 g/mol. The number of hydrogen-bond donors (Lipinski definition) is 0. The van der Waals surface area contributed by atoms with E-state index in [-0.39, 0.29) is 12.1 Å². The fourth-order valence-corrected chi connectivity index (χ4v) is 3.26. The van der Waals surface area contributed by atoms with Crippen LogP contribution in [0.3, 0.4) is 0 Å². The van der Waals surface area contributed by atoms with Gasteiger partial charge in [0.05, 0.1) is 0 Å². The van der Waals surface area contributed by atoms with Crippen molar-refractivity contribution in [2.45, 2.75) is 12.1 Å². The minimum Gasteiger partial charge on any atom is -0.465 e. The number of rotatable bonds is 3. The van der Waals surface area contributed by atoms with E-state index in [2.05, 4.69) is 34.2 Å². The Morgan fingerprint density at radius 1 is 0.846 bits per heavy atom. The van der Waals surface area contributed by atoms with Crippen molar-refractivity contribution in [3.05, 3.63) is 102 Å². The van der Waals surface area contributed by atoms with E-state index >= 15 is 0 Å². The maximum atomic E-state index is 6.28. The molecule has 0 spiro atoms. The van der Waals surface area contributed by atoms with Crippen LogP contribution in [0.25, 0.3) is 5.78 Å². The summed E-state index contributed by atoms with van der Waals surface area (Å²) in [7, 11) is 0. The van der Waals surface area contributed by atoms with Gasteiger partial charge in [0, 0.05) is 18.6 Å². The zero-order valence-electron chi connectivity index (χ0n) is 13.9. The highest BCUT2D eigenvalue weighted by Crippen LogP contribution is 2.40. The number of aromatic nitrogens is 3. The lowest BCUT2D eigenvalue weighted by atomic mass is 9.97. The van der Waals surface area contributed by atoms with Crippen molar-refractivity contribution < 1.29 is 4.74 Å². The summed E-state index contributed by atoms with van der Waals surface area (Å²) in [6.45, 7) is 0. The summed E-state index contributed by atoms with van der Waals surface area (Å²) in [5.74, 6) is 1.19. The van der Waals surface area contributed by atoms with Crippen LogP contribution < -0.4 is 0 Å². The lowest BCUT2D eigenvalue weighted by Gasteiger charge is -2.18. The molecule has 0 saturated heterocycles. The van der Waals surface area contributed by atoms with Crippen molar-refractivity contribution in [3.8, 4) is 0 Å². The minimum absolute atomic E-state index is 0.105. The summed E-state index contributed by atoms with van der Waals surface area (Å²) in [6.07, 6.45) is 5.36. The molecule has 1 aliphatic heterocycles. The monoisotopic (exact) mass is 340 g/mol. The number of imidazole rings is 1. The van der Waals surface area contributed by atoms with Gasteiger partial charge in [-0.25, -0.2) is 15.0 Å². The SMILES string of the molecule is c1ccc([C@H]2N=C(c3cn4cccnc4n3)O[C@@H]2c2ccccc2)cc1. The third-order valence-electron chi connectivity index (χ3n) is 4.51. The lowest BCUT2D eigenvalue weighted by molar-refractivity contribution is 0.196. The van der Waals surface area contributed by atoms with Gasteiger partial charge in [-0.3, -0.25) is 4.40 Å².